The van der Waals surface area contributed by atoms with E-state index in [4.69, 9.17) is 11.5 Å². The third-order valence-electron chi connectivity index (χ3n) is 0.911. The summed E-state index contributed by atoms with van der Waals surface area (Å²) in [6, 6.07) is 7.15. The van der Waals surface area contributed by atoms with Crippen molar-refractivity contribution in [3.63, 3.8) is 0 Å². The minimum absolute atomic E-state index is 0. The molecule has 0 amide bonds. The number of nitrogen functional groups attached to an aromatic ring is 2. The first kappa shape index (κ1) is 22.4. The van der Waals surface area contributed by atoms with Gasteiger partial charge in [0, 0.05) is 11.4 Å². The number of anilines is 2. The molecule has 0 fully saturated rings. The Labute approximate surface area is 67.0 Å². The highest BCUT2D eigenvalue weighted by molar-refractivity contribution is 5.50. The molecular formula is C6H12F4N2. The molecule has 0 saturated heterocycles. The third kappa shape index (κ3) is 6.66. The average molecular weight is 188 g/mol. The first-order valence-corrected chi connectivity index (χ1v) is 2.40. The summed E-state index contributed by atoms with van der Waals surface area (Å²) in [5.41, 5.74) is 12.2. The Bertz CT molecular complexity index is 177. The van der Waals surface area contributed by atoms with Crippen molar-refractivity contribution in [2.75, 3.05) is 11.5 Å². The van der Waals surface area contributed by atoms with E-state index in [1.54, 1.807) is 18.2 Å². The van der Waals surface area contributed by atoms with Gasteiger partial charge in [-0.1, -0.05) is 6.07 Å². The normalized spacial score (nSPS) is 6.00. The second-order valence-corrected chi connectivity index (χ2v) is 1.67. The van der Waals surface area contributed by atoms with E-state index in [2.05, 4.69) is 0 Å². The zero-order valence-electron chi connectivity index (χ0n) is 6.10. The maximum absolute atomic E-state index is 5.38. The van der Waals surface area contributed by atoms with E-state index in [1.165, 1.54) is 0 Å². The smallest absolute Gasteiger partial charge is 0.0334 e. The van der Waals surface area contributed by atoms with E-state index in [0.717, 1.165) is 0 Å². The monoisotopic (exact) mass is 188 g/mol. The molecule has 0 unspecified atom stereocenters. The second kappa shape index (κ2) is 9.54. The van der Waals surface area contributed by atoms with Crippen molar-refractivity contribution in [1.82, 2.24) is 0 Å². The maximum atomic E-state index is 5.38. The predicted octanol–water partition coefficient (Wildman–Crippen LogP) is 1.46. The largest absolute Gasteiger partial charge is 0.399 e. The summed E-state index contributed by atoms with van der Waals surface area (Å²) < 4.78 is 0. The van der Waals surface area contributed by atoms with Gasteiger partial charge in [0.1, 0.15) is 0 Å². The van der Waals surface area contributed by atoms with E-state index in [0.29, 0.717) is 11.4 Å². The Balaban J connectivity index is -0.0000000800. The molecule has 1 aromatic carbocycles. The van der Waals surface area contributed by atoms with Gasteiger partial charge in [-0.05, 0) is 18.2 Å². The van der Waals surface area contributed by atoms with Gasteiger partial charge in [0.05, 0.1) is 0 Å². The molecular weight excluding hydrogens is 176 g/mol. The molecule has 1 rings (SSSR count). The van der Waals surface area contributed by atoms with E-state index in [9.17, 15) is 0 Å². The number of rotatable bonds is 0. The van der Waals surface area contributed by atoms with Crippen LogP contribution in [0.5, 0.6) is 0 Å². The topological polar surface area (TPSA) is 52.0 Å². The molecule has 12 heavy (non-hydrogen) atoms. The molecule has 0 spiro atoms. The minimum Gasteiger partial charge on any atom is -0.399 e. The van der Waals surface area contributed by atoms with Gasteiger partial charge in [-0.3, -0.25) is 18.8 Å². The Morgan fingerprint density at radius 1 is 0.750 bits per heavy atom. The Morgan fingerprint density at radius 3 is 1.25 bits per heavy atom. The molecule has 0 saturated carbocycles. The lowest BCUT2D eigenvalue weighted by molar-refractivity contribution is 1.11. The van der Waals surface area contributed by atoms with Crippen molar-refractivity contribution >= 4 is 11.4 Å². The first-order chi connectivity index (χ1) is 3.79. The molecule has 0 aliphatic heterocycles. The van der Waals surface area contributed by atoms with Gasteiger partial charge in [0.2, 0.25) is 0 Å². The standard InChI is InChI=1S/C6H8N2.4FH/c7-5-2-1-3-6(8)4-5;;;;/h1-4H,7-8H2;4*1H. The molecule has 0 bridgehead atoms. The molecule has 2 nitrogen and oxygen atoms in total. The lowest BCUT2D eigenvalue weighted by atomic mass is 10.3. The summed E-state index contributed by atoms with van der Waals surface area (Å²) in [5, 5.41) is 0. The fraction of sp³-hybridized carbons (Fsp3) is 0. The summed E-state index contributed by atoms with van der Waals surface area (Å²) in [7, 11) is 0. The van der Waals surface area contributed by atoms with Crippen LogP contribution in [-0.2, 0) is 0 Å². The number of nitrogens with two attached hydrogens (primary N) is 2. The molecule has 74 valence electrons. The number of hydrogen-bond acceptors (Lipinski definition) is 2. The van der Waals surface area contributed by atoms with Gasteiger partial charge in [-0.2, -0.15) is 0 Å². The van der Waals surface area contributed by atoms with E-state index in [-0.39, 0.29) is 18.8 Å². The third-order valence-corrected chi connectivity index (χ3v) is 0.911. The van der Waals surface area contributed by atoms with Crippen molar-refractivity contribution in [1.29, 1.82) is 0 Å². The molecule has 0 aliphatic rings. The summed E-state index contributed by atoms with van der Waals surface area (Å²) in [6.07, 6.45) is 0. The van der Waals surface area contributed by atoms with Crippen LogP contribution in [0.1, 0.15) is 0 Å². The lowest BCUT2D eigenvalue weighted by Crippen LogP contribution is -1.87. The average Bonchev–Trinajstić information content (AvgIpc) is 1.64. The highest BCUT2D eigenvalue weighted by Crippen LogP contribution is 2.06. The molecule has 6 heteroatoms. The zero-order valence-corrected chi connectivity index (χ0v) is 6.10. The van der Waals surface area contributed by atoms with Crippen LogP contribution in [0.25, 0.3) is 0 Å². The second-order valence-electron chi connectivity index (χ2n) is 1.67. The van der Waals surface area contributed by atoms with Crippen molar-refractivity contribution in [2.24, 2.45) is 0 Å². The lowest BCUT2D eigenvalue weighted by Gasteiger charge is -1.91. The molecule has 0 atom stereocenters. The van der Waals surface area contributed by atoms with Crippen molar-refractivity contribution < 1.29 is 18.8 Å². The fourth-order valence-electron chi connectivity index (χ4n) is 0.559. The van der Waals surface area contributed by atoms with Crippen molar-refractivity contribution in [2.45, 2.75) is 0 Å². The Morgan fingerprint density at radius 2 is 1.08 bits per heavy atom. The van der Waals surface area contributed by atoms with E-state index >= 15 is 0 Å². The minimum atomic E-state index is 0. The molecule has 0 aliphatic carbocycles. The highest BCUT2D eigenvalue weighted by Gasteiger charge is 1.81. The first-order valence-electron chi connectivity index (χ1n) is 2.40. The van der Waals surface area contributed by atoms with Crippen molar-refractivity contribution in [3.05, 3.63) is 24.3 Å². The van der Waals surface area contributed by atoms with Gasteiger partial charge < -0.3 is 11.5 Å². The van der Waals surface area contributed by atoms with Crippen LogP contribution >= 0.6 is 0 Å². The van der Waals surface area contributed by atoms with Gasteiger partial charge in [0.25, 0.3) is 0 Å². The van der Waals surface area contributed by atoms with E-state index in [1.807, 2.05) is 6.07 Å². The van der Waals surface area contributed by atoms with Crippen LogP contribution in [-0.4, -0.2) is 0 Å². The van der Waals surface area contributed by atoms with Gasteiger partial charge >= 0.3 is 0 Å². The van der Waals surface area contributed by atoms with Crippen LogP contribution in [0.2, 0.25) is 0 Å². The number of hydrogen-bond donors (Lipinski definition) is 2. The molecule has 0 heterocycles. The Kier molecular flexibility index (Phi) is 17.8. The molecule has 1 aromatic rings. The van der Waals surface area contributed by atoms with Crippen LogP contribution in [0.15, 0.2) is 24.3 Å². The maximum Gasteiger partial charge on any atom is 0.0334 e. The fourth-order valence-corrected chi connectivity index (χ4v) is 0.559. The molecule has 4 N–H and O–H groups in total. The number of halogens is 4. The quantitative estimate of drug-likeness (QED) is 0.478. The van der Waals surface area contributed by atoms with Crippen LogP contribution in [0.3, 0.4) is 0 Å². The SMILES string of the molecule is F.F.F.F.Nc1cccc(N)c1. The summed E-state index contributed by atoms with van der Waals surface area (Å²) in [4.78, 5) is 0. The summed E-state index contributed by atoms with van der Waals surface area (Å²) in [6.45, 7) is 0. The summed E-state index contributed by atoms with van der Waals surface area (Å²) >= 11 is 0. The van der Waals surface area contributed by atoms with E-state index < -0.39 is 0 Å². The van der Waals surface area contributed by atoms with Crippen LogP contribution in [0.4, 0.5) is 30.2 Å². The van der Waals surface area contributed by atoms with Crippen molar-refractivity contribution in [3.8, 4) is 0 Å². The molecule has 0 aromatic heterocycles. The highest BCUT2D eigenvalue weighted by atomic mass is 19.0. The van der Waals surface area contributed by atoms with Gasteiger partial charge in [0.15, 0.2) is 0 Å². The number of benzene rings is 1. The van der Waals surface area contributed by atoms with Gasteiger partial charge in [-0.25, -0.2) is 0 Å². The zero-order chi connectivity index (χ0) is 5.98. The molecule has 0 radical (unpaired) electrons. The van der Waals surface area contributed by atoms with Gasteiger partial charge in [-0.15, -0.1) is 0 Å². The Hall–Kier alpha value is -1.46. The summed E-state index contributed by atoms with van der Waals surface area (Å²) in [5.74, 6) is 0. The van der Waals surface area contributed by atoms with Crippen LogP contribution in [0, 0.1) is 0 Å². The van der Waals surface area contributed by atoms with Crippen LogP contribution < -0.4 is 11.5 Å². The predicted molar refractivity (Wildman–Crippen MR) is 45.3 cm³/mol.